The van der Waals surface area contributed by atoms with Crippen molar-refractivity contribution in [2.45, 2.75) is 12.1 Å². The zero-order chi connectivity index (χ0) is 21.5. The number of carbonyl (C=O) groups is 3. The van der Waals surface area contributed by atoms with Crippen LogP contribution in [-0.2, 0) is 14.4 Å². The first-order valence-corrected chi connectivity index (χ1v) is 9.84. The van der Waals surface area contributed by atoms with Gasteiger partial charge in [-0.2, -0.15) is 0 Å². The number of para-hydroxylation sites is 2. The fourth-order valence-corrected chi connectivity index (χ4v) is 4.31. The van der Waals surface area contributed by atoms with Crippen molar-refractivity contribution in [3.05, 3.63) is 96.1 Å². The molecule has 7 nitrogen and oxygen atoms in total. The first-order chi connectivity index (χ1) is 15.1. The van der Waals surface area contributed by atoms with Gasteiger partial charge in [0, 0.05) is 0 Å². The Balaban J connectivity index is 1.64. The van der Waals surface area contributed by atoms with Gasteiger partial charge in [0.1, 0.15) is 5.92 Å². The van der Waals surface area contributed by atoms with E-state index in [9.17, 15) is 19.5 Å². The van der Waals surface area contributed by atoms with Crippen LogP contribution in [0.5, 0.6) is 0 Å². The largest absolute Gasteiger partial charge is 0.478 e. The van der Waals surface area contributed by atoms with Crippen molar-refractivity contribution in [1.82, 2.24) is 0 Å². The molecular weight excluding hydrogens is 396 g/mol. The summed E-state index contributed by atoms with van der Waals surface area (Å²) in [5, 5.41) is 11.2. The Labute approximate surface area is 178 Å². The number of nitrogens with zero attached hydrogens (tertiary/aromatic N) is 2. The Hall–Kier alpha value is -3.97. The molecule has 3 aromatic rings. The molecule has 5 rings (SSSR count). The van der Waals surface area contributed by atoms with Crippen LogP contribution in [0.4, 0.5) is 11.4 Å². The fourth-order valence-electron chi connectivity index (χ4n) is 4.31. The summed E-state index contributed by atoms with van der Waals surface area (Å²) in [6.45, 7) is 0. The Morgan fingerprint density at radius 1 is 0.774 bits per heavy atom. The Kier molecular flexibility index (Phi) is 4.52. The van der Waals surface area contributed by atoms with Crippen LogP contribution in [0.3, 0.4) is 0 Å². The van der Waals surface area contributed by atoms with Crippen molar-refractivity contribution in [2.24, 2.45) is 5.92 Å². The second kappa shape index (κ2) is 7.37. The van der Waals surface area contributed by atoms with Gasteiger partial charge in [-0.1, -0.05) is 54.6 Å². The number of imide groups is 1. The molecular formula is C24H18N2O5. The molecule has 2 amide bonds. The van der Waals surface area contributed by atoms with Crippen molar-refractivity contribution >= 4 is 29.2 Å². The maximum atomic E-state index is 13.5. The third-order valence-electron chi connectivity index (χ3n) is 5.65. The van der Waals surface area contributed by atoms with Crippen LogP contribution in [0, 0.1) is 5.92 Å². The van der Waals surface area contributed by atoms with Crippen molar-refractivity contribution in [3.63, 3.8) is 0 Å². The third kappa shape index (κ3) is 2.98. The molecule has 0 saturated carbocycles. The number of amides is 2. The lowest BCUT2D eigenvalue weighted by Crippen LogP contribution is -2.37. The number of carboxylic acid groups (broad SMARTS) is 1. The maximum Gasteiger partial charge on any atom is 0.336 e. The zero-order valence-electron chi connectivity index (χ0n) is 16.3. The lowest BCUT2D eigenvalue weighted by atomic mass is 9.88. The highest BCUT2D eigenvalue weighted by Gasteiger charge is 2.60. The number of anilines is 2. The number of benzene rings is 3. The van der Waals surface area contributed by atoms with E-state index >= 15 is 0 Å². The Bertz CT molecular complexity index is 1160. The number of rotatable bonds is 4. The Morgan fingerprint density at radius 2 is 1.35 bits per heavy atom. The topological polar surface area (TPSA) is 87.2 Å². The lowest BCUT2D eigenvalue weighted by Gasteiger charge is -2.29. The van der Waals surface area contributed by atoms with E-state index in [1.807, 2.05) is 18.2 Å². The number of hydroxylamine groups is 1. The summed E-state index contributed by atoms with van der Waals surface area (Å²) in [6, 6.07) is 23.5. The van der Waals surface area contributed by atoms with Crippen molar-refractivity contribution in [3.8, 4) is 0 Å². The minimum Gasteiger partial charge on any atom is -0.478 e. The van der Waals surface area contributed by atoms with Gasteiger partial charge in [-0.3, -0.25) is 14.4 Å². The lowest BCUT2D eigenvalue weighted by molar-refractivity contribution is -0.126. The quantitative estimate of drug-likeness (QED) is 0.658. The predicted molar refractivity (Wildman–Crippen MR) is 112 cm³/mol. The molecule has 0 radical (unpaired) electrons. The summed E-state index contributed by atoms with van der Waals surface area (Å²) in [5.74, 6) is -2.86. The highest BCUT2D eigenvalue weighted by molar-refractivity contribution is 6.24. The number of fused-ring (bicyclic) bond motifs is 1. The van der Waals surface area contributed by atoms with E-state index < -0.39 is 35.8 Å². The van der Waals surface area contributed by atoms with Crippen LogP contribution in [0.15, 0.2) is 84.9 Å². The van der Waals surface area contributed by atoms with Gasteiger partial charge < -0.3 is 5.11 Å². The van der Waals surface area contributed by atoms with Gasteiger partial charge in [0.15, 0.2) is 6.10 Å². The molecule has 31 heavy (non-hydrogen) atoms. The highest BCUT2D eigenvalue weighted by atomic mass is 16.7. The minimum absolute atomic E-state index is 0.0658. The van der Waals surface area contributed by atoms with Crippen molar-refractivity contribution in [2.75, 3.05) is 9.96 Å². The monoisotopic (exact) mass is 414 g/mol. The molecule has 1 N–H and O–H groups in total. The second-order valence-corrected chi connectivity index (χ2v) is 7.40. The van der Waals surface area contributed by atoms with Crippen molar-refractivity contribution < 1.29 is 24.3 Å². The molecule has 0 bridgehead atoms. The molecule has 7 heteroatoms. The first kappa shape index (κ1) is 19.0. The van der Waals surface area contributed by atoms with E-state index in [1.54, 1.807) is 60.7 Å². The van der Waals surface area contributed by atoms with Gasteiger partial charge >= 0.3 is 5.97 Å². The van der Waals surface area contributed by atoms with Gasteiger partial charge in [-0.15, -0.1) is 0 Å². The van der Waals surface area contributed by atoms with Gasteiger partial charge in [0.2, 0.25) is 5.91 Å². The molecule has 0 unspecified atom stereocenters. The predicted octanol–water partition coefficient (Wildman–Crippen LogP) is 3.44. The number of carbonyl (C=O) groups excluding carboxylic acids is 2. The molecule has 0 aromatic heterocycles. The van der Waals surface area contributed by atoms with Crippen LogP contribution in [-0.4, -0.2) is 29.0 Å². The molecule has 154 valence electrons. The molecule has 3 aromatic carbocycles. The van der Waals surface area contributed by atoms with Crippen LogP contribution in [0.1, 0.15) is 22.0 Å². The standard InChI is InChI=1S/C24H18N2O5/c27-22-19-20(17-13-7-8-14-18(17)24(29)30)26(16-11-5-2-6-12-16)31-21(19)23(28)25(22)15-9-3-1-4-10-15/h1-14,19-21H,(H,29,30)/t19-,20-,21-/m1/s1. The van der Waals surface area contributed by atoms with E-state index in [0.29, 0.717) is 16.9 Å². The summed E-state index contributed by atoms with van der Waals surface area (Å²) in [4.78, 5) is 45.8. The summed E-state index contributed by atoms with van der Waals surface area (Å²) in [5.41, 5.74) is 1.58. The molecule has 2 heterocycles. The number of hydrogen-bond acceptors (Lipinski definition) is 5. The summed E-state index contributed by atoms with van der Waals surface area (Å²) < 4.78 is 0. The van der Waals surface area contributed by atoms with Gasteiger partial charge in [-0.05, 0) is 35.9 Å². The third-order valence-corrected chi connectivity index (χ3v) is 5.65. The molecule has 2 saturated heterocycles. The SMILES string of the molecule is O=C(O)c1ccccc1[C@@H]1[C@H]2C(=O)N(c3ccccc3)C(=O)[C@@H]2ON1c1ccccc1. The highest BCUT2D eigenvalue weighted by Crippen LogP contribution is 2.48. The molecule has 2 fully saturated rings. The van der Waals surface area contributed by atoms with Gasteiger partial charge in [0.05, 0.1) is 23.0 Å². The Morgan fingerprint density at radius 3 is 2.00 bits per heavy atom. The summed E-state index contributed by atoms with van der Waals surface area (Å²) >= 11 is 0. The smallest absolute Gasteiger partial charge is 0.336 e. The van der Waals surface area contributed by atoms with Crippen LogP contribution in [0.25, 0.3) is 0 Å². The molecule has 2 aliphatic heterocycles. The molecule has 2 aliphatic rings. The van der Waals surface area contributed by atoms with E-state index in [-0.39, 0.29) is 5.56 Å². The maximum absolute atomic E-state index is 13.5. The summed E-state index contributed by atoms with van der Waals surface area (Å²) in [7, 11) is 0. The van der Waals surface area contributed by atoms with Gasteiger partial charge in [-0.25, -0.2) is 14.8 Å². The number of aromatic carboxylic acids is 1. The van der Waals surface area contributed by atoms with E-state index in [0.717, 1.165) is 4.90 Å². The van der Waals surface area contributed by atoms with Crippen molar-refractivity contribution in [1.29, 1.82) is 0 Å². The zero-order valence-corrected chi connectivity index (χ0v) is 16.3. The normalized spacial score (nSPS) is 22.6. The van der Waals surface area contributed by atoms with E-state index in [4.69, 9.17) is 4.84 Å². The molecule has 0 aliphatic carbocycles. The number of carboxylic acids is 1. The average Bonchev–Trinajstić information content (AvgIpc) is 3.31. The second-order valence-electron chi connectivity index (χ2n) is 7.40. The van der Waals surface area contributed by atoms with E-state index in [2.05, 4.69) is 0 Å². The first-order valence-electron chi connectivity index (χ1n) is 9.84. The van der Waals surface area contributed by atoms with Crippen LogP contribution in [0.2, 0.25) is 0 Å². The molecule has 3 atom stereocenters. The van der Waals surface area contributed by atoms with E-state index in [1.165, 1.54) is 11.1 Å². The summed E-state index contributed by atoms with van der Waals surface area (Å²) in [6.07, 6.45) is -1.04. The van der Waals surface area contributed by atoms with Crippen LogP contribution < -0.4 is 9.96 Å². The van der Waals surface area contributed by atoms with Crippen LogP contribution >= 0.6 is 0 Å². The van der Waals surface area contributed by atoms with Gasteiger partial charge in [0.25, 0.3) is 5.91 Å². The molecule has 0 spiro atoms. The number of hydrogen-bond donors (Lipinski definition) is 1. The average molecular weight is 414 g/mol. The fraction of sp³-hybridized carbons (Fsp3) is 0.125. The minimum atomic E-state index is -1.11.